The number of ether oxygens (including phenoxy) is 2. The molecule has 4 rings (SSSR count). The van der Waals surface area contributed by atoms with Gasteiger partial charge in [0.25, 0.3) is 10.0 Å². The average molecular weight is 580 g/mol. The lowest BCUT2D eigenvalue weighted by Crippen LogP contribution is -2.39. The number of methoxy groups -OCH3 is 1. The molecule has 212 valence electrons. The third-order valence-corrected chi connectivity index (χ3v) is 9.92. The topological polar surface area (TPSA) is 142 Å². The lowest BCUT2D eigenvalue weighted by Gasteiger charge is -2.39. The van der Waals surface area contributed by atoms with Gasteiger partial charge in [0.2, 0.25) is 0 Å². The maximum absolute atomic E-state index is 12.7. The van der Waals surface area contributed by atoms with Gasteiger partial charge in [0, 0.05) is 5.41 Å². The molecule has 0 atom stereocenters. The van der Waals surface area contributed by atoms with E-state index in [1.54, 1.807) is 26.0 Å². The van der Waals surface area contributed by atoms with Crippen LogP contribution in [0.25, 0.3) is 0 Å². The lowest BCUT2D eigenvalue weighted by atomic mass is 9.68. The van der Waals surface area contributed by atoms with Gasteiger partial charge in [0.1, 0.15) is 22.6 Å². The summed E-state index contributed by atoms with van der Waals surface area (Å²) < 4.78 is 61.8. The molecule has 2 aromatic rings. The molecule has 1 heterocycles. The number of hydrogen-bond donors (Lipinski definition) is 2. The van der Waals surface area contributed by atoms with Crippen molar-refractivity contribution in [3.63, 3.8) is 0 Å². The van der Waals surface area contributed by atoms with Crippen LogP contribution in [-0.2, 0) is 33.8 Å². The number of sulfonamides is 1. The Hall–Kier alpha value is -2.92. The molecule has 1 aliphatic heterocycles. The van der Waals surface area contributed by atoms with Crippen LogP contribution in [0, 0.1) is 0 Å². The summed E-state index contributed by atoms with van der Waals surface area (Å²) in [6.45, 7) is 3.83. The van der Waals surface area contributed by atoms with E-state index in [9.17, 15) is 17.8 Å². The van der Waals surface area contributed by atoms with Crippen molar-refractivity contribution in [2.45, 2.75) is 55.9 Å². The minimum atomic E-state index is -3.79. The Morgan fingerprint density at radius 2 is 1.74 bits per heavy atom. The summed E-state index contributed by atoms with van der Waals surface area (Å²) in [5, 5.41) is 2.24. The monoisotopic (exact) mass is 579 g/mol. The van der Waals surface area contributed by atoms with Gasteiger partial charge in [-0.3, -0.25) is 18.8 Å². The molecule has 0 aromatic heterocycles. The van der Waals surface area contributed by atoms with E-state index in [0.29, 0.717) is 43.5 Å². The molecule has 0 radical (unpaired) electrons. The normalized spacial score (nSPS) is 23.1. The SMILES string of the molecule is CCOP(=O)(NC(=O)OC1CCC(CN=C2NS(=O)(=O)c3cccc(OC)c32)(c2ccccc2)CC1)OCC. The van der Waals surface area contributed by atoms with Crippen LogP contribution in [0.4, 0.5) is 4.79 Å². The fourth-order valence-electron chi connectivity index (χ4n) is 5.04. The third kappa shape index (κ3) is 6.46. The van der Waals surface area contributed by atoms with E-state index in [1.165, 1.54) is 13.2 Å². The summed E-state index contributed by atoms with van der Waals surface area (Å²) in [6, 6.07) is 14.8. The Morgan fingerprint density at radius 3 is 2.36 bits per heavy atom. The predicted molar refractivity (Wildman–Crippen MR) is 146 cm³/mol. The molecule has 1 saturated carbocycles. The summed E-state index contributed by atoms with van der Waals surface area (Å²) in [4.78, 5) is 17.4. The molecule has 2 N–H and O–H groups in total. The molecule has 1 amide bonds. The predicted octanol–water partition coefficient (Wildman–Crippen LogP) is 4.52. The second-order valence-corrected chi connectivity index (χ2v) is 12.7. The molecular formula is C26H34N3O8PS. The fraction of sp³-hybridized carbons (Fsp3) is 0.462. The van der Waals surface area contributed by atoms with Crippen molar-refractivity contribution in [3.8, 4) is 5.75 Å². The van der Waals surface area contributed by atoms with Crippen LogP contribution in [0.2, 0.25) is 0 Å². The number of hydrogen-bond acceptors (Lipinski definition) is 9. The van der Waals surface area contributed by atoms with Crippen molar-refractivity contribution in [1.29, 1.82) is 0 Å². The van der Waals surface area contributed by atoms with Gasteiger partial charge in [0.15, 0.2) is 0 Å². The lowest BCUT2D eigenvalue weighted by molar-refractivity contribution is 0.0600. The Kier molecular flexibility index (Phi) is 9.00. The fourth-order valence-corrected chi connectivity index (χ4v) is 7.45. The van der Waals surface area contributed by atoms with Crippen molar-refractivity contribution in [2.75, 3.05) is 26.9 Å². The molecule has 0 bridgehead atoms. The van der Waals surface area contributed by atoms with Gasteiger partial charge >= 0.3 is 13.8 Å². The second kappa shape index (κ2) is 12.1. The van der Waals surface area contributed by atoms with Gasteiger partial charge in [-0.25, -0.2) is 22.9 Å². The van der Waals surface area contributed by atoms with Crippen LogP contribution in [0.3, 0.4) is 0 Å². The zero-order chi connectivity index (χ0) is 28.1. The highest BCUT2D eigenvalue weighted by Gasteiger charge is 2.40. The minimum Gasteiger partial charge on any atom is -0.496 e. The molecule has 0 saturated heterocycles. The molecule has 13 heteroatoms. The highest BCUT2D eigenvalue weighted by molar-refractivity contribution is 7.90. The van der Waals surface area contributed by atoms with E-state index in [1.807, 2.05) is 30.3 Å². The molecule has 2 aromatic carbocycles. The molecule has 2 aliphatic rings. The number of nitrogens with one attached hydrogen (secondary N) is 2. The second-order valence-electron chi connectivity index (χ2n) is 9.30. The van der Waals surface area contributed by atoms with Gasteiger partial charge in [-0.1, -0.05) is 36.4 Å². The number of aliphatic imine (C=N–C) groups is 1. The van der Waals surface area contributed by atoms with Crippen LogP contribution in [-0.4, -0.2) is 53.3 Å². The minimum absolute atomic E-state index is 0.107. The maximum Gasteiger partial charge on any atom is 0.437 e. The number of benzene rings is 2. The number of amides is 1. The first-order valence-electron chi connectivity index (χ1n) is 12.8. The smallest absolute Gasteiger partial charge is 0.437 e. The number of nitrogens with zero attached hydrogens (tertiary/aromatic N) is 1. The highest BCUT2D eigenvalue weighted by atomic mass is 32.2. The summed E-state index contributed by atoms with van der Waals surface area (Å²) in [5.41, 5.74) is 1.08. The third-order valence-electron chi connectivity index (χ3n) is 6.88. The number of carbonyl (C=O) groups excluding carboxylic acids is 1. The van der Waals surface area contributed by atoms with Crippen molar-refractivity contribution in [1.82, 2.24) is 9.81 Å². The quantitative estimate of drug-likeness (QED) is 0.392. The molecule has 0 unspecified atom stereocenters. The van der Waals surface area contributed by atoms with E-state index < -0.39 is 35.4 Å². The average Bonchev–Trinajstić information content (AvgIpc) is 3.19. The zero-order valence-corrected chi connectivity index (χ0v) is 23.9. The first-order chi connectivity index (χ1) is 18.6. The number of carbonyl (C=O) groups is 1. The molecule has 1 aliphatic carbocycles. The van der Waals surface area contributed by atoms with Crippen molar-refractivity contribution in [3.05, 3.63) is 59.7 Å². The summed E-state index contributed by atoms with van der Waals surface area (Å²) in [6.07, 6.45) is 1.06. The standard InChI is InChI=1S/C26H34N3O8PS/c1-4-35-38(31,36-5-2)28-25(30)37-20-14-16-26(17-15-20,19-10-7-6-8-11-19)18-27-24-23-21(34-3)12-9-13-22(23)39(32,33)29-24/h6-13,20H,4-5,14-18H2,1-3H3,(H,27,29)(H,28,30,31). The van der Waals surface area contributed by atoms with Crippen LogP contribution < -0.4 is 14.5 Å². The first-order valence-corrected chi connectivity index (χ1v) is 15.9. The summed E-state index contributed by atoms with van der Waals surface area (Å²) >= 11 is 0. The largest absolute Gasteiger partial charge is 0.496 e. The van der Waals surface area contributed by atoms with E-state index in [2.05, 4.69) is 9.81 Å². The van der Waals surface area contributed by atoms with Gasteiger partial charge in [-0.05, 0) is 57.2 Å². The van der Waals surface area contributed by atoms with Gasteiger partial charge in [-0.2, -0.15) is 0 Å². The van der Waals surface area contributed by atoms with Crippen LogP contribution in [0.1, 0.15) is 50.7 Å². The summed E-state index contributed by atoms with van der Waals surface area (Å²) in [7, 11) is -6.04. The van der Waals surface area contributed by atoms with Crippen molar-refractivity contribution in [2.24, 2.45) is 4.99 Å². The summed E-state index contributed by atoms with van der Waals surface area (Å²) in [5.74, 6) is 0.672. The van der Waals surface area contributed by atoms with Crippen LogP contribution in [0.15, 0.2) is 58.4 Å². The number of rotatable bonds is 10. The van der Waals surface area contributed by atoms with Gasteiger partial charge in [0.05, 0.1) is 32.4 Å². The van der Waals surface area contributed by atoms with Crippen molar-refractivity contribution >= 4 is 29.7 Å². The Labute approximate surface area is 228 Å². The van der Waals surface area contributed by atoms with Gasteiger partial charge in [-0.15, -0.1) is 0 Å². The van der Waals surface area contributed by atoms with Crippen LogP contribution >= 0.6 is 7.75 Å². The molecule has 39 heavy (non-hydrogen) atoms. The number of fused-ring (bicyclic) bond motifs is 1. The van der Waals surface area contributed by atoms with E-state index in [0.717, 1.165) is 5.56 Å². The Bertz CT molecular complexity index is 1350. The Morgan fingerprint density at radius 1 is 1.08 bits per heavy atom. The van der Waals surface area contributed by atoms with Crippen molar-refractivity contribution < 1.29 is 36.3 Å². The Balaban J connectivity index is 1.52. The molecule has 1 fully saturated rings. The first kappa shape index (κ1) is 29.1. The van der Waals surface area contributed by atoms with E-state index >= 15 is 0 Å². The van der Waals surface area contributed by atoms with E-state index in [4.69, 9.17) is 23.5 Å². The maximum atomic E-state index is 12.7. The highest BCUT2D eigenvalue weighted by Crippen LogP contribution is 2.44. The molecular weight excluding hydrogens is 545 g/mol. The van der Waals surface area contributed by atoms with Crippen LogP contribution in [0.5, 0.6) is 5.75 Å². The molecule has 11 nitrogen and oxygen atoms in total. The molecule has 0 spiro atoms. The van der Waals surface area contributed by atoms with E-state index in [-0.39, 0.29) is 23.9 Å². The van der Waals surface area contributed by atoms with Gasteiger partial charge < -0.3 is 9.47 Å². The zero-order valence-electron chi connectivity index (χ0n) is 22.2. The number of amidine groups is 1.